The lowest BCUT2D eigenvalue weighted by atomic mass is 10.2. The highest BCUT2D eigenvalue weighted by molar-refractivity contribution is 6.39. The Hall–Kier alpha value is -1.78. The van der Waals surface area contributed by atoms with Crippen molar-refractivity contribution in [1.82, 2.24) is 10.1 Å². The number of nitrogens with zero attached hydrogens (tertiary/aromatic N) is 2. The van der Waals surface area contributed by atoms with E-state index < -0.39 is 0 Å². The molecule has 0 aliphatic heterocycles. The van der Waals surface area contributed by atoms with Crippen LogP contribution in [0.4, 0.5) is 0 Å². The molecule has 21 heavy (non-hydrogen) atoms. The molecule has 2 heterocycles. The number of aromatic nitrogens is 2. The summed E-state index contributed by atoms with van der Waals surface area (Å²) in [6.07, 6.45) is 0. The molecule has 0 saturated carbocycles. The molecule has 108 valence electrons. The van der Waals surface area contributed by atoms with Gasteiger partial charge in [0.2, 0.25) is 0 Å². The zero-order chi connectivity index (χ0) is 15.0. The Labute approximate surface area is 131 Å². The number of pyridine rings is 1. The Morgan fingerprint density at radius 2 is 1.90 bits per heavy atom. The molecule has 3 aromatic rings. The van der Waals surface area contributed by atoms with Crippen molar-refractivity contribution in [1.29, 1.82) is 0 Å². The molecule has 6 heteroatoms. The van der Waals surface area contributed by atoms with E-state index in [1.165, 1.54) is 0 Å². The molecule has 0 aliphatic rings. The summed E-state index contributed by atoms with van der Waals surface area (Å²) in [4.78, 5) is 4.47. The van der Waals surface area contributed by atoms with Gasteiger partial charge in [-0.25, -0.2) is 4.98 Å². The average molecular weight is 323 g/mol. The van der Waals surface area contributed by atoms with Crippen molar-refractivity contribution in [2.45, 2.75) is 20.5 Å². The minimum absolute atomic E-state index is 0.229. The number of halogens is 2. The highest BCUT2D eigenvalue weighted by Crippen LogP contribution is 2.37. The van der Waals surface area contributed by atoms with Gasteiger partial charge in [0.1, 0.15) is 12.1 Å². The summed E-state index contributed by atoms with van der Waals surface area (Å²) < 4.78 is 10.9. The maximum atomic E-state index is 6.24. The van der Waals surface area contributed by atoms with Crippen molar-refractivity contribution in [3.8, 4) is 5.75 Å². The highest BCUT2D eigenvalue weighted by atomic mass is 35.5. The van der Waals surface area contributed by atoms with Crippen LogP contribution in [0.15, 0.2) is 28.8 Å². The summed E-state index contributed by atoms with van der Waals surface area (Å²) in [6.45, 7) is 3.98. The van der Waals surface area contributed by atoms with Crippen LogP contribution in [0.5, 0.6) is 5.75 Å². The molecule has 1 aromatic carbocycles. The summed E-state index contributed by atoms with van der Waals surface area (Å²) in [7, 11) is 0. The number of fused-ring (bicyclic) bond motifs is 1. The van der Waals surface area contributed by atoms with Crippen LogP contribution in [0, 0.1) is 13.8 Å². The SMILES string of the molecule is Cc1cc(COc2c(Cl)cc(Cl)c3ccc(C)nc23)on1. The molecule has 0 unspecified atom stereocenters. The number of hydrogen-bond donors (Lipinski definition) is 0. The van der Waals surface area contributed by atoms with E-state index >= 15 is 0 Å². The zero-order valence-electron chi connectivity index (χ0n) is 11.5. The standard InChI is InChI=1S/C15H12Cl2N2O2/c1-8-3-4-11-12(16)6-13(17)15(14(11)18-8)20-7-10-5-9(2)19-21-10/h3-6H,7H2,1-2H3. The molecule has 0 amide bonds. The van der Waals surface area contributed by atoms with E-state index in [4.69, 9.17) is 32.5 Å². The van der Waals surface area contributed by atoms with Crippen LogP contribution in [0.1, 0.15) is 17.1 Å². The Morgan fingerprint density at radius 1 is 1.10 bits per heavy atom. The number of rotatable bonds is 3. The molecule has 0 saturated heterocycles. The largest absolute Gasteiger partial charge is 0.482 e. The third kappa shape index (κ3) is 2.82. The van der Waals surface area contributed by atoms with Gasteiger partial charge in [0.25, 0.3) is 0 Å². The third-order valence-corrected chi connectivity index (χ3v) is 3.61. The van der Waals surface area contributed by atoms with E-state index in [2.05, 4.69) is 10.1 Å². The van der Waals surface area contributed by atoms with Crippen LogP contribution in [0.2, 0.25) is 10.0 Å². The molecule has 0 N–H and O–H groups in total. The predicted octanol–water partition coefficient (Wildman–Crippen LogP) is 4.73. The first-order valence-electron chi connectivity index (χ1n) is 6.35. The van der Waals surface area contributed by atoms with Crippen LogP contribution in [-0.4, -0.2) is 10.1 Å². The fraction of sp³-hybridized carbons (Fsp3) is 0.200. The van der Waals surface area contributed by atoms with Gasteiger partial charge in [-0.05, 0) is 32.0 Å². The fourth-order valence-electron chi connectivity index (χ4n) is 2.06. The molecule has 0 fully saturated rings. The quantitative estimate of drug-likeness (QED) is 0.699. The smallest absolute Gasteiger partial charge is 0.174 e. The summed E-state index contributed by atoms with van der Waals surface area (Å²) >= 11 is 12.4. The summed E-state index contributed by atoms with van der Waals surface area (Å²) in [5.41, 5.74) is 2.31. The van der Waals surface area contributed by atoms with Crippen LogP contribution < -0.4 is 4.74 Å². The number of hydrogen-bond acceptors (Lipinski definition) is 4. The van der Waals surface area contributed by atoms with E-state index in [9.17, 15) is 0 Å². The molecule has 3 rings (SSSR count). The first-order valence-corrected chi connectivity index (χ1v) is 7.10. The van der Waals surface area contributed by atoms with Crippen LogP contribution >= 0.6 is 23.2 Å². The molecule has 0 aliphatic carbocycles. The van der Waals surface area contributed by atoms with E-state index in [1.54, 1.807) is 6.07 Å². The van der Waals surface area contributed by atoms with E-state index in [0.29, 0.717) is 27.1 Å². The maximum absolute atomic E-state index is 6.24. The Bertz CT molecular complexity index is 815. The highest BCUT2D eigenvalue weighted by Gasteiger charge is 2.14. The van der Waals surface area contributed by atoms with Gasteiger partial charge in [0.15, 0.2) is 11.5 Å². The van der Waals surface area contributed by atoms with Crippen molar-refractivity contribution in [3.05, 3.63) is 51.5 Å². The van der Waals surface area contributed by atoms with Gasteiger partial charge in [0, 0.05) is 17.1 Å². The molecule has 0 bridgehead atoms. The molecular weight excluding hydrogens is 311 g/mol. The predicted molar refractivity (Wildman–Crippen MR) is 82.1 cm³/mol. The lowest BCUT2D eigenvalue weighted by Gasteiger charge is -2.11. The second kappa shape index (κ2) is 5.54. The topological polar surface area (TPSA) is 48.2 Å². The second-order valence-corrected chi connectivity index (χ2v) is 5.56. The van der Waals surface area contributed by atoms with Crippen molar-refractivity contribution in [2.24, 2.45) is 0 Å². The zero-order valence-corrected chi connectivity index (χ0v) is 13.0. The van der Waals surface area contributed by atoms with Gasteiger partial charge in [0.05, 0.1) is 15.7 Å². The van der Waals surface area contributed by atoms with Crippen LogP contribution in [0.3, 0.4) is 0 Å². The lowest BCUT2D eigenvalue weighted by molar-refractivity contribution is 0.251. The lowest BCUT2D eigenvalue weighted by Crippen LogP contribution is -1.97. The minimum Gasteiger partial charge on any atom is -0.482 e. The Balaban J connectivity index is 2.02. The van der Waals surface area contributed by atoms with E-state index in [0.717, 1.165) is 16.8 Å². The summed E-state index contributed by atoms with van der Waals surface area (Å²) in [5.74, 6) is 1.12. The van der Waals surface area contributed by atoms with Crippen LogP contribution in [-0.2, 0) is 6.61 Å². The maximum Gasteiger partial charge on any atom is 0.174 e. The molecule has 0 atom stereocenters. The fourth-order valence-corrected chi connectivity index (χ4v) is 2.63. The third-order valence-electron chi connectivity index (χ3n) is 3.01. The Kier molecular flexibility index (Phi) is 3.74. The number of aryl methyl sites for hydroxylation is 2. The summed E-state index contributed by atoms with van der Waals surface area (Å²) in [6, 6.07) is 7.27. The van der Waals surface area contributed by atoms with Crippen molar-refractivity contribution >= 4 is 34.1 Å². The molecule has 0 radical (unpaired) electrons. The van der Waals surface area contributed by atoms with Gasteiger partial charge in [-0.15, -0.1) is 0 Å². The van der Waals surface area contributed by atoms with Crippen LogP contribution in [0.25, 0.3) is 10.9 Å². The molecule has 4 nitrogen and oxygen atoms in total. The van der Waals surface area contributed by atoms with Gasteiger partial charge >= 0.3 is 0 Å². The summed E-state index contributed by atoms with van der Waals surface area (Å²) in [5, 5.41) is 5.58. The van der Waals surface area contributed by atoms with Crippen molar-refractivity contribution in [3.63, 3.8) is 0 Å². The van der Waals surface area contributed by atoms with Gasteiger partial charge in [-0.2, -0.15) is 0 Å². The average Bonchev–Trinajstić information content (AvgIpc) is 2.84. The monoisotopic (exact) mass is 322 g/mol. The van der Waals surface area contributed by atoms with E-state index in [-0.39, 0.29) is 6.61 Å². The molecular formula is C15H12Cl2N2O2. The number of ether oxygens (including phenoxy) is 1. The first kappa shape index (κ1) is 14.2. The van der Waals surface area contributed by atoms with Gasteiger partial charge in [-0.3, -0.25) is 0 Å². The molecule has 0 spiro atoms. The molecule has 2 aromatic heterocycles. The van der Waals surface area contributed by atoms with Gasteiger partial charge in [-0.1, -0.05) is 28.4 Å². The normalized spacial score (nSPS) is 11.0. The minimum atomic E-state index is 0.229. The van der Waals surface area contributed by atoms with Crippen molar-refractivity contribution in [2.75, 3.05) is 0 Å². The second-order valence-electron chi connectivity index (χ2n) is 4.74. The van der Waals surface area contributed by atoms with Crippen molar-refractivity contribution < 1.29 is 9.26 Å². The van der Waals surface area contributed by atoms with Gasteiger partial charge < -0.3 is 9.26 Å². The first-order chi connectivity index (χ1) is 10.0. The van der Waals surface area contributed by atoms with E-state index in [1.807, 2.05) is 32.0 Å². The Morgan fingerprint density at radius 3 is 2.62 bits per heavy atom. The number of benzene rings is 1.